The quantitative estimate of drug-likeness (QED) is 0.903. The summed E-state index contributed by atoms with van der Waals surface area (Å²) in [5.74, 6) is 0.636. The number of nitrogens with two attached hydrogens (primary N) is 1. The van der Waals surface area contributed by atoms with Gasteiger partial charge in [-0.15, -0.1) is 11.3 Å². The van der Waals surface area contributed by atoms with E-state index in [-0.39, 0.29) is 12.1 Å². The van der Waals surface area contributed by atoms with Gasteiger partial charge in [-0.2, -0.15) is 0 Å². The molecule has 1 aliphatic heterocycles. The van der Waals surface area contributed by atoms with Crippen LogP contribution in [0.15, 0.2) is 36.4 Å². The van der Waals surface area contributed by atoms with Gasteiger partial charge in [0.2, 0.25) is 0 Å². The third-order valence-corrected chi connectivity index (χ3v) is 5.40. The second-order valence-electron chi connectivity index (χ2n) is 6.04. The van der Waals surface area contributed by atoms with Crippen molar-refractivity contribution in [2.45, 2.75) is 32.4 Å². The minimum Gasteiger partial charge on any atom is -0.362 e. The fourth-order valence-electron chi connectivity index (χ4n) is 3.28. The number of para-hydroxylation sites is 1. The molecule has 2 aromatic rings. The number of nitrogens with zero attached hydrogens (tertiary/aromatic N) is 1. The van der Waals surface area contributed by atoms with Crippen molar-refractivity contribution in [3.05, 3.63) is 51.2 Å². The van der Waals surface area contributed by atoms with Crippen LogP contribution >= 0.6 is 22.9 Å². The van der Waals surface area contributed by atoms with Gasteiger partial charge in [0.25, 0.3) is 0 Å². The minimum absolute atomic E-state index is 0.0538. The van der Waals surface area contributed by atoms with Crippen molar-refractivity contribution in [2.75, 3.05) is 11.4 Å². The maximum Gasteiger partial charge on any atom is 0.0932 e. The molecule has 0 fully saturated rings. The van der Waals surface area contributed by atoms with Crippen LogP contribution in [-0.2, 0) is 6.42 Å². The number of hydrogen-bond acceptors (Lipinski definition) is 3. The Kier molecular flexibility index (Phi) is 4.25. The molecule has 0 aliphatic carbocycles. The van der Waals surface area contributed by atoms with Gasteiger partial charge in [-0.05, 0) is 43.0 Å². The highest BCUT2D eigenvalue weighted by Gasteiger charge is 2.31. The Bertz CT molecular complexity index is 623. The van der Waals surface area contributed by atoms with E-state index < -0.39 is 0 Å². The van der Waals surface area contributed by atoms with Crippen molar-refractivity contribution in [1.29, 1.82) is 0 Å². The van der Waals surface area contributed by atoms with E-state index in [2.05, 4.69) is 49.1 Å². The van der Waals surface area contributed by atoms with Crippen LogP contribution in [0.25, 0.3) is 0 Å². The van der Waals surface area contributed by atoms with Crippen LogP contribution in [0.1, 0.15) is 30.3 Å². The molecule has 0 radical (unpaired) electrons. The molecular weight excluding hydrogens is 300 g/mol. The number of halogens is 1. The van der Waals surface area contributed by atoms with Crippen LogP contribution in [0.5, 0.6) is 0 Å². The van der Waals surface area contributed by atoms with Gasteiger partial charge >= 0.3 is 0 Å². The number of hydrogen-bond donors (Lipinski definition) is 1. The first-order valence-electron chi connectivity index (χ1n) is 7.41. The van der Waals surface area contributed by atoms with Crippen LogP contribution < -0.4 is 10.6 Å². The van der Waals surface area contributed by atoms with E-state index >= 15 is 0 Å². The maximum atomic E-state index is 6.33. The first-order chi connectivity index (χ1) is 10.1. The first-order valence-corrected chi connectivity index (χ1v) is 8.61. The molecule has 1 aliphatic rings. The predicted octanol–water partition coefficient (Wildman–Crippen LogP) is 4.49. The van der Waals surface area contributed by atoms with E-state index in [0.29, 0.717) is 5.92 Å². The third-order valence-electron chi connectivity index (χ3n) is 4.10. The van der Waals surface area contributed by atoms with Gasteiger partial charge < -0.3 is 10.6 Å². The molecule has 2 heterocycles. The lowest BCUT2D eigenvalue weighted by molar-refractivity contribution is 0.457. The van der Waals surface area contributed by atoms with E-state index in [0.717, 1.165) is 17.3 Å². The van der Waals surface area contributed by atoms with E-state index in [1.54, 1.807) is 11.3 Å². The van der Waals surface area contributed by atoms with Crippen LogP contribution in [0.4, 0.5) is 5.69 Å². The lowest BCUT2D eigenvalue weighted by Crippen LogP contribution is -2.44. The summed E-state index contributed by atoms with van der Waals surface area (Å²) >= 11 is 7.77. The maximum absolute atomic E-state index is 6.33. The standard InChI is InChI=1S/C17H21ClN2S/c1-11-9-13-5-3-4-6-14(13)20(10-11)17(12(2)19)15-7-8-16(18)21-15/h3-8,11-12,17H,9-10,19H2,1-2H3. The molecule has 4 heteroatoms. The van der Waals surface area contributed by atoms with Crippen LogP contribution in [0, 0.1) is 5.92 Å². The van der Waals surface area contributed by atoms with Crippen molar-refractivity contribution in [3.8, 4) is 0 Å². The molecule has 3 atom stereocenters. The summed E-state index contributed by atoms with van der Waals surface area (Å²) in [6.45, 7) is 5.43. The zero-order chi connectivity index (χ0) is 15.0. The van der Waals surface area contributed by atoms with E-state index in [1.807, 2.05) is 6.07 Å². The topological polar surface area (TPSA) is 29.3 Å². The zero-order valence-corrected chi connectivity index (χ0v) is 14.0. The van der Waals surface area contributed by atoms with Gasteiger partial charge in [-0.3, -0.25) is 0 Å². The molecule has 0 saturated carbocycles. The van der Waals surface area contributed by atoms with Crippen LogP contribution in [0.2, 0.25) is 4.34 Å². The van der Waals surface area contributed by atoms with Gasteiger partial charge in [0.15, 0.2) is 0 Å². The van der Waals surface area contributed by atoms with Gasteiger partial charge in [0, 0.05) is 23.2 Å². The number of rotatable bonds is 3. The summed E-state index contributed by atoms with van der Waals surface area (Å²) in [5, 5.41) is 0. The number of thiophene rings is 1. The second-order valence-corrected chi connectivity index (χ2v) is 7.78. The Balaban J connectivity index is 2.04. The molecule has 1 aromatic carbocycles. The number of benzene rings is 1. The Morgan fingerprint density at radius 2 is 2.05 bits per heavy atom. The van der Waals surface area contributed by atoms with E-state index in [1.165, 1.54) is 16.1 Å². The second kappa shape index (κ2) is 5.99. The summed E-state index contributed by atoms with van der Waals surface area (Å²) < 4.78 is 0.828. The average Bonchev–Trinajstić information content (AvgIpc) is 2.84. The fraction of sp³-hybridized carbons (Fsp3) is 0.412. The largest absolute Gasteiger partial charge is 0.362 e. The molecule has 21 heavy (non-hydrogen) atoms. The molecule has 3 unspecified atom stereocenters. The summed E-state index contributed by atoms with van der Waals surface area (Å²) in [6.07, 6.45) is 1.14. The predicted molar refractivity (Wildman–Crippen MR) is 92.4 cm³/mol. The molecule has 112 valence electrons. The van der Waals surface area contributed by atoms with Crippen molar-refractivity contribution >= 4 is 28.6 Å². The molecule has 0 bridgehead atoms. The highest BCUT2D eigenvalue weighted by Crippen LogP contribution is 2.39. The zero-order valence-electron chi connectivity index (χ0n) is 12.4. The fourth-order valence-corrected chi connectivity index (χ4v) is 4.58. The van der Waals surface area contributed by atoms with Gasteiger partial charge in [-0.1, -0.05) is 36.7 Å². The Hall–Kier alpha value is -1.03. The van der Waals surface area contributed by atoms with Crippen molar-refractivity contribution in [3.63, 3.8) is 0 Å². The summed E-state index contributed by atoms with van der Waals surface area (Å²) in [5.41, 5.74) is 9.08. The Morgan fingerprint density at radius 3 is 2.71 bits per heavy atom. The Morgan fingerprint density at radius 1 is 1.29 bits per heavy atom. The molecule has 0 spiro atoms. The van der Waals surface area contributed by atoms with Gasteiger partial charge in [0.1, 0.15) is 0 Å². The van der Waals surface area contributed by atoms with Gasteiger partial charge in [-0.25, -0.2) is 0 Å². The van der Waals surface area contributed by atoms with Crippen molar-refractivity contribution in [2.24, 2.45) is 11.7 Å². The third kappa shape index (κ3) is 2.96. The normalized spacial score (nSPS) is 21.0. The first kappa shape index (κ1) is 14.9. The number of anilines is 1. The molecule has 3 rings (SSSR count). The highest BCUT2D eigenvalue weighted by molar-refractivity contribution is 7.16. The minimum atomic E-state index is 0.0538. The molecule has 2 nitrogen and oxygen atoms in total. The van der Waals surface area contributed by atoms with Crippen molar-refractivity contribution < 1.29 is 0 Å². The Labute approximate surface area is 135 Å². The summed E-state index contributed by atoms with van der Waals surface area (Å²) in [7, 11) is 0. The SMILES string of the molecule is CC1Cc2ccccc2N(C(c2ccc(Cl)s2)C(C)N)C1. The van der Waals surface area contributed by atoms with Crippen molar-refractivity contribution in [1.82, 2.24) is 0 Å². The molecule has 0 saturated heterocycles. The molecule has 0 amide bonds. The lowest BCUT2D eigenvalue weighted by Gasteiger charge is -2.41. The summed E-state index contributed by atoms with van der Waals surface area (Å²) in [6, 6.07) is 13.0. The highest BCUT2D eigenvalue weighted by atomic mass is 35.5. The van der Waals surface area contributed by atoms with E-state index in [9.17, 15) is 0 Å². The van der Waals surface area contributed by atoms with E-state index in [4.69, 9.17) is 17.3 Å². The van der Waals surface area contributed by atoms with Gasteiger partial charge in [0.05, 0.1) is 10.4 Å². The summed E-state index contributed by atoms with van der Waals surface area (Å²) in [4.78, 5) is 3.72. The molecular formula is C17H21ClN2S. The monoisotopic (exact) mass is 320 g/mol. The van der Waals surface area contributed by atoms with Crippen LogP contribution in [-0.4, -0.2) is 12.6 Å². The molecule has 1 aromatic heterocycles. The lowest BCUT2D eigenvalue weighted by atomic mass is 9.91. The average molecular weight is 321 g/mol. The molecule has 2 N–H and O–H groups in total. The number of fused-ring (bicyclic) bond motifs is 1. The smallest absolute Gasteiger partial charge is 0.0932 e. The van der Waals surface area contributed by atoms with Crippen LogP contribution in [0.3, 0.4) is 0 Å².